The lowest BCUT2D eigenvalue weighted by Crippen LogP contribution is -2.40. The fourth-order valence-electron chi connectivity index (χ4n) is 3.82. The summed E-state index contributed by atoms with van der Waals surface area (Å²) in [5, 5.41) is 12.3. The summed E-state index contributed by atoms with van der Waals surface area (Å²) >= 11 is 0. The first-order valence-electron chi connectivity index (χ1n) is 11.0. The molecule has 1 aliphatic rings. The highest BCUT2D eigenvalue weighted by atomic mass is 16.5. The van der Waals surface area contributed by atoms with Crippen molar-refractivity contribution in [3.05, 3.63) is 59.7 Å². The largest absolute Gasteiger partial charge is 0.494 e. The summed E-state index contributed by atoms with van der Waals surface area (Å²) in [6, 6.07) is 15.0. The zero-order valence-electron chi connectivity index (χ0n) is 18.2. The molecule has 1 atom stereocenters. The van der Waals surface area contributed by atoms with Crippen LogP contribution in [0.15, 0.2) is 48.5 Å². The second-order valence-corrected chi connectivity index (χ2v) is 8.19. The maximum Gasteiger partial charge on any atom is 0.253 e. The second-order valence-electron chi connectivity index (χ2n) is 8.19. The van der Waals surface area contributed by atoms with Crippen molar-refractivity contribution in [1.82, 2.24) is 4.90 Å². The van der Waals surface area contributed by atoms with Crippen LogP contribution in [0.25, 0.3) is 0 Å². The summed E-state index contributed by atoms with van der Waals surface area (Å²) in [5.74, 6) is 0.876. The third-order valence-electron chi connectivity index (χ3n) is 5.51. The highest BCUT2D eigenvalue weighted by Gasteiger charge is 2.24. The van der Waals surface area contributed by atoms with Gasteiger partial charge in [0, 0.05) is 37.4 Å². The molecule has 6 heteroatoms. The van der Waals surface area contributed by atoms with Crippen molar-refractivity contribution in [3.63, 3.8) is 0 Å². The van der Waals surface area contributed by atoms with Crippen LogP contribution in [0.2, 0.25) is 0 Å². The van der Waals surface area contributed by atoms with E-state index in [0.717, 1.165) is 37.0 Å². The van der Waals surface area contributed by atoms with Crippen LogP contribution in [-0.2, 0) is 4.79 Å². The molecule has 0 saturated carbocycles. The quantitative estimate of drug-likeness (QED) is 0.596. The zero-order chi connectivity index (χ0) is 22.1. The maximum absolute atomic E-state index is 12.8. The number of hydrogen-bond acceptors (Lipinski definition) is 4. The van der Waals surface area contributed by atoms with Crippen molar-refractivity contribution in [3.8, 4) is 5.75 Å². The molecule has 2 aromatic rings. The van der Waals surface area contributed by atoms with Gasteiger partial charge in [-0.25, -0.2) is 0 Å². The van der Waals surface area contributed by atoms with E-state index in [1.54, 1.807) is 29.2 Å². The van der Waals surface area contributed by atoms with Gasteiger partial charge in [-0.3, -0.25) is 9.59 Å². The second kappa shape index (κ2) is 11.5. The molecule has 3 rings (SSSR count). The van der Waals surface area contributed by atoms with E-state index in [0.29, 0.717) is 37.4 Å². The molecule has 2 aromatic carbocycles. The third-order valence-corrected chi connectivity index (χ3v) is 5.51. The number of hydrogen-bond donors (Lipinski definition) is 2. The van der Waals surface area contributed by atoms with Gasteiger partial charge in [0.05, 0.1) is 6.61 Å². The van der Waals surface area contributed by atoms with E-state index in [-0.39, 0.29) is 24.3 Å². The first-order chi connectivity index (χ1) is 15.0. The highest BCUT2D eigenvalue weighted by molar-refractivity contribution is 5.97. The number of amides is 2. The molecule has 0 spiro atoms. The first kappa shape index (κ1) is 22.8. The number of aliphatic hydroxyl groups is 1. The molecule has 1 fully saturated rings. The van der Waals surface area contributed by atoms with Gasteiger partial charge in [-0.15, -0.1) is 0 Å². The van der Waals surface area contributed by atoms with E-state index in [1.165, 1.54) is 0 Å². The van der Waals surface area contributed by atoms with Crippen molar-refractivity contribution < 1.29 is 19.4 Å². The number of nitrogens with zero attached hydrogens (tertiary/aromatic N) is 1. The number of benzene rings is 2. The lowest BCUT2D eigenvalue weighted by atomic mass is 9.98. The molecule has 1 heterocycles. The molecule has 166 valence electrons. The van der Waals surface area contributed by atoms with E-state index in [4.69, 9.17) is 4.74 Å². The lowest BCUT2D eigenvalue weighted by molar-refractivity contribution is -0.116. The lowest BCUT2D eigenvalue weighted by Gasteiger charge is -2.32. The highest BCUT2D eigenvalue weighted by Crippen LogP contribution is 2.20. The Labute approximate surface area is 184 Å². The molecular weight excluding hydrogens is 392 g/mol. The van der Waals surface area contributed by atoms with E-state index in [2.05, 4.69) is 5.32 Å². The van der Waals surface area contributed by atoms with E-state index in [1.807, 2.05) is 31.2 Å². The molecule has 1 saturated heterocycles. The molecule has 0 bridgehead atoms. The summed E-state index contributed by atoms with van der Waals surface area (Å²) in [6.07, 6.45) is 3.78. The van der Waals surface area contributed by atoms with Gasteiger partial charge in [-0.2, -0.15) is 0 Å². The van der Waals surface area contributed by atoms with Crippen LogP contribution < -0.4 is 10.1 Å². The Morgan fingerprint density at radius 2 is 2.00 bits per heavy atom. The molecule has 31 heavy (non-hydrogen) atoms. The number of unbranched alkanes of at least 4 members (excludes halogenated alkanes) is 1. The Balaban J connectivity index is 1.42. The number of aliphatic hydroxyl groups excluding tert-OH is 1. The van der Waals surface area contributed by atoms with Gasteiger partial charge in [0.15, 0.2) is 0 Å². The Morgan fingerprint density at radius 1 is 1.16 bits per heavy atom. The predicted molar refractivity (Wildman–Crippen MR) is 121 cm³/mol. The number of anilines is 1. The normalized spacial score (nSPS) is 16.1. The number of piperidine rings is 1. The molecule has 2 amide bonds. The Kier molecular flexibility index (Phi) is 8.47. The summed E-state index contributed by atoms with van der Waals surface area (Å²) in [5.41, 5.74) is 2.34. The van der Waals surface area contributed by atoms with Crippen molar-refractivity contribution in [2.75, 3.05) is 31.6 Å². The summed E-state index contributed by atoms with van der Waals surface area (Å²) in [4.78, 5) is 26.9. The Morgan fingerprint density at radius 3 is 2.81 bits per heavy atom. The van der Waals surface area contributed by atoms with Crippen LogP contribution in [0.4, 0.5) is 5.69 Å². The summed E-state index contributed by atoms with van der Waals surface area (Å²) < 4.78 is 5.71. The summed E-state index contributed by atoms with van der Waals surface area (Å²) in [7, 11) is 0. The van der Waals surface area contributed by atoms with Gasteiger partial charge in [0.2, 0.25) is 5.91 Å². The molecule has 6 nitrogen and oxygen atoms in total. The average molecular weight is 425 g/mol. The monoisotopic (exact) mass is 424 g/mol. The predicted octanol–water partition coefficient (Wildman–Crippen LogP) is 4.03. The first-order valence-corrected chi connectivity index (χ1v) is 11.0. The van der Waals surface area contributed by atoms with Crippen LogP contribution in [0.1, 0.15) is 48.0 Å². The van der Waals surface area contributed by atoms with Crippen LogP contribution in [0.5, 0.6) is 5.75 Å². The van der Waals surface area contributed by atoms with Crippen LogP contribution >= 0.6 is 0 Å². The van der Waals surface area contributed by atoms with Gasteiger partial charge in [-0.1, -0.05) is 18.2 Å². The van der Waals surface area contributed by atoms with Gasteiger partial charge < -0.3 is 20.1 Å². The molecule has 1 aliphatic heterocycles. The number of nitrogens with one attached hydrogen (secondary N) is 1. The average Bonchev–Trinajstić information content (AvgIpc) is 2.78. The zero-order valence-corrected chi connectivity index (χ0v) is 18.2. The minimum absolute atomic E-state index is 0.0532. The number of likely N-dealkylation sites (tertiary alicyclic amines) is 1. The van der Waals surface area contributed by atoms with Crippen molar-refractivity contribution in [1.29, 1.82) is 0 Å². The van der Waals surface area contributed by atoms with E-state index >= 15 is 0 Å². The SMILES string of the molecule is Cc1cccc(OCCCCC(=O)Nc2cccc(C(=O)N3CCCC(CO)C3)c2)c1. The van der Waals surface area contributed by atoms with Gasteiger partial charge >= 0.3 is 0 Å². The number of rotatable bonds is 9. The molecule has 2 N–H and O–H groups in total. The standard InChI is InChI=1S/C25H32N2O4/c1-19-7-4-11-23(15-19)31-14-3-2-12-24(29)26-22-10-5-9-21(16-22)25(30)27-13-6-8-20(17-27)18-28/h4-5,7,9-11,15-16,20,28H,2-3,6,8,12-14,17-18H2,1H3,(H,26,29). The molecular formula is C25H32N2O4. The number of carbonyl (C=O) groups is 2. The smallest absolute Gasteiger partial charge is 0.253 e. The fraction of sp³-hybridized carbons (Fsp3) is 0.440. The number of carbonyl (C=O) groups excluding carboxylic acids is 2. The molecule has 0 aliphatic carbocycles. The van der Waals surface area contributed by atoms with E-state index < -0.39 is 0 Å². The third kappa shape index (κ3) is 7.10. The maximum atomic E-state index is 12.8. The Hall–Kier alpha value is -2.86. The van der Waals surface area contributed by atoms with E-state index in [9.17, 15) is 14.7 Å². The minimum Gasteiger partial charge on any atom is -0.494 e. The van der Waals surface area contributed by atoms with Gasteiger partial charge in [-0.05, 0) is 74.4 Å². The summed E-state index contributed by atoms with van der Waals surface area (Å²) in [6.45, 7) is 3.99. The fourth-order valence-corrected chi connectivity index (χ4v) is 3.82. The van der Waals surface area contributed by atoms with Crippen LogP contribution in [0, 0.1) is 12.8 Å². The number of ether oxygens (including phenoxy) is 1. The topological polar surface area (TPSA) is 78.9 Å². The van der Waals surface area contributed by atoms with Crippen molar-refractivity contribution in [2.24, 2.45) is 5.92 Å². The molecule has 0 radical (unpaired) electrons. The molecule has 0 aromatic heterocycles. The Bertz CT molecular complexity index is 883. The van der Waals surface area contributed by atoms with Gasteiger partial charge in [0.25, 0.3) is 5.91 Å². The van der Waals surface area contributed by atoms with Crippen molar-refractivity contribution in [2.45, 2.75) is 39.0 Å². The minimum atomic E-state index is -0.0709. The number of aryl methyl sites for hydroxylation is 1. The van der Waals surface area contributed by atoms with Gasteiger partial charge in [0.1, 0.15) is 5.75 Å². The van der Waals surface area contributed by atoms with Crippen LogP contribution in [-0.4, -0.2) is 48.1 Å². The molecule has 1 unspecified atom stereocenters. The van der Waals surface area contributed by atoms with Crippen LogP contribution in [0.3, 0.4) is 0 Å². The van der Waals surface area contributed by atoms with Crippen molar-refractivity contribution >= 4 is 17.5 Å².